The van der Waals surface area contributed by atoms with Crippen LogP contribution in [0.3, 0.4) is 0 Å². The molecule has 1 atom stereocenters. The summed E-state index contributed by atoms with van der Waals surface area (Å²) in [5.41, 5.74) is 2.07. The first kappa shape index (κ1) is 16.8. The van der Waals surface area contributed by atoms with Crippen LogP contribution in [-0.2, 0) is 4.74 Å². The van der Waals surface area contributed by atoms with Gasteiger partial charge in [-0.15, -0.1) is 0 Å². The summed E-state index contributed by atoms with van der Waals surface area (Å²) in [6.07, 6.45) is -0.248. The number of rotatable bonds is 3. The van der Waals surface area contributed by atoms with Crippen LogP contribution in [-0.4, -0.2) is 35.7 Å². The third-order valence-electron chi connectivity index (χ3n) is 4.39. The van der Waals surface area contributed by atoms with Crippen molar-refractivity contribution in [3.05, 3.63) is 76.9 Å². The van der Waals surface area contributed by atoms with Crippen molar-refractivity contribution in [3.8, 4) is 11.3 Å². The number of amides is 1. The maximum Gasteiger partial charge on any atom is 0.276 e. The van der Waals surface area contributed by atoms with E-state index in [1.807, 2.05) is 54.6 Å². The molecule has 1 fully saturated rings. The van der Waals surface area contributed by atoms with Gasteiger partial charge in [0.05, 0.1) is 13.2 Å². The van der Waals surface area contributed by atoms with Gasteiger partial charge in [0, 0.05) is 28.8 Å². The fourth-order valence-corrected chi connectivity index (χ4v) is 3.29. The predicted octanol–water partition coefficient (Wildman–Crippen LogP) is 4.21. The minimum absolute atomic E-state index is 0.170. The van der Waals surface area contributed by atoms with Gasteiger partial charge in [-0.2, -0.15) is 0 Å². The van der Waals surface area contributed by atoms with Crippen molar-refractivity contribution in [2.24, 2.45) is 0 Å². The second kappa shape index (κ2) is 7.32. The molecule has 1 aliphatic rings. The van der Waals surface area contributed by atoms with Gasteiger partial charge < -0.3 is 14.2 Å². The topological polar surface area (TPSA) is 55.6 Å². The minimum atomic E-state index is -0.248. The fraction of sp³-hybridized carbons (Fsp3) is 0.200. The van der Waals surface area contributed by atoms with Crippen LogP contribution in [0.2, 0.25) is 5.02 Å². The van der Waals surface area contributed by atoms with Gasteiger partial charge in [0.1, 0.15) is 6.10 Å². The Morgan fingerprint density at radius 1 is 1.12 bits per heavy atom. The van der Waals surface area contributed by atoms with Crippen molar-refractivity contribution < 1.29 is 14.1 Å². The summed E-state index contributed by atoms with van der Waals surface area (Å²) in [4.78, 5) is 14.5. The number of hydrogen-bond donors (Lipinski definition) is 0. The Balaban J connectivity index is 1.51. The largest absolute Gasteiger partial charge is 0.370 e. The summed E-state index contributed by atoms with van der Waals surface area (Å²) in [5, 5.41) is 4.59. The number of hydrogen-bond acceptors (Lipinski definition) is 4. The summed E-state index contributed by atoms with van der Waals surface area (Å²) < 4.78 is 11.2. The number of morpholine rings is 1. The van der Waals surface area contributed by atoms with Gasteiger partial charge in [0.2, 0.25) is 0 Å². The Kier molecular flexibility index (Phi) is 4.73. The molecular weight excluding hydrogens is 352 g/mol. The van der Waals surface area contributed by atoms with E-state index in [4.69, 9.17) is 20.9 Å². The molecular formula is C20H17ClN2O3. The maximum atomic E-state index is 12.8. The van der Waals surface area contributed by atoms with Crippen LogP contribution in [0.1, 0.15) is 22.2 Å². The number of halogens is 1. The molecule has 2 aromatic carbocycles. The van der Waals surface area contributed by atoms with Crippen molar-refractivity contribution in [2.75, 3.05) is 19.7 Å². The Hall–Kier alpha value is -2.63. The molecule has 1 unspecified atom stereocenters. The summed E-state index contributed by atoms with van der Waals surface area (Å²) >= 11 is 6.26. The van der Waals surface area contributed by atoms with E-state index in [9.17, 15) is 4.79 Å². The molecule has 132 valence electrons. The van der Waals surface area contributed by atoms with Crippen LogP contribution in [0.4, 0.5) is 0 Å². The SMILES string of the molecule is O=C(c1cc(-c2ccccc2)on1)N1CCOC(c2ccccc2Cl)C1. The second-order valence-corrected chi connectivity index (χ2v) is 6.48. The maximum absolute atomic E-state index is 12.8. The third kappa shape index (κ3) is 3.36. The zero-order valence-electron chi connectivity index (χ0n) is 14.0. The van der Waals surface area contributed by atoms with Gasteiger partial charge in [-0.3, -0.25) is 4.79 Å². The van der Waals surface area contributed by atoms with Crippen molar-refractivity contribution in [3.63, 3.8) is 0 Å². The quantitative estimate of drug-likeness (QED) is 0.695. The zero-order valence-corrected chi connectivity index (χ0v) is 14.7. The van der Waals surface area contributed by atoms with Crippen molar-refractivity contribution >= 4 is 17.5 Å². The van der Waals surface area contributed by atoms with Crippen molar-refractivity contribution in [1.82, 2.24) is 10.1 Å². The number of aromatic nitrogens is 1. The Morgan fingerprint density at radius 3 is 2.69 bits per heavy atom. The van der Waals surface area contributed by atoms with Crippen LogP contribution in [0.25, 0.3) is 11.3 Å². The minimum Gasteiger partial charge on any atom is -0.370 e. The molecule has 3 aromatic rings. The highest BCUT2D eigenvalue weighted by atomic mass is 35.5. The predicted molar refractivity (Wildman–Crippen MR) is 98.0 cm³/mol. The van der Waals surface area contributed by atoms with Crippen molar-refractivity contribution in [1.29, 1.82) is 0 Å². The standard InChI is InChI=1S/C20H17ClN2O3/c21-16-9-5-4-8-15(16)19-13-23(10-11-25-19)20(24)17-12-18(26-22-17)14-6-2-1-3-7-14/h1-9,12,19H,10-11,13H2. The van der Waals surface area contributed by atoms with E-state index < -0.39 is 0 Å². The highest BCUT2D eigenvalue weighted by Gasteiger charge is 2.29. The van der Waals surface area contributed by atoms with Crippen LogP contribution < -0.4 is 0 Å². The van der Waals surface area contributed by atoms with Gasteiger partial charge in [0.25, 0.3) is 5.91 Å². The van der Waals surface area contributed by atoms with Gasteiger partial charge in [-0.05, 0) is 6.07 Å². The summed E-state index contributed by atoms with van der Waals surface area (Å²) in [6.45, 7) is 1.38. The molecule has 1 aliphatic heterocycles. The number of carbonyl (C=O) groups is 1. The molecule has 6 heteroatoms. The van der Waals surface area contributed by atoms with Gasteiger partial charge in [0.15, 0.2) is 11.5 Å². The molecule has 0 radical (unpaired) electrons. The van der Waals surface area contributed by atoms with Crippen LogP contribution in [0.5, 0.6) is 0 Å². The summed E-state index contributed by atoms with van der Waals surface area (Å²) in [5.74, 6) is 0.404. The van der Waals surface area contributed by atoms with E-state index in [1.54, 1.807) is 11.0 Å². The number of benzene rings is 2. The third-order valence-corrected chi connectivity index (χ3v) is 4.74. The van der Waals surface area contributed by atoms with Gasteiger partial charge in [-0.25, -0.2) is 0 Å². The average Bonchev–Trinajstić information content (AvgIpc) is 3.19. The molecule has 5 nitrogen and oxygen atoms in total. The lowest BCUT2D eigenvalue weighted by Gasteiger charge is -2.33. The first-order valence-electron chi connectivity index (χ1n) is 8.40. The first-order chi connectivity index (χ1) is 12.7. The Morgan fingerprint density at radius 2 is 1.88 bits per heavy atom. The monoisotopic (exact) mass is 368 g/mol. The normalized spacial score (nSPS) is 17.3. The van der Waals surface area contributed by atoms with E-state index in [-0.39, 0.29) is 12.0 Å². The molecule has 0 N–H and O–H groups in total. The van der Waals surface area contributed by atoms with E-state index >= 15 is 0 Å². The Labute approximate surface area is 156 Å². The smallest absolute Gasteiger partial charge is 0.276 e. The van der Waals surface area contributed by atoms with Crippen LogP contribution >= 0.6 is 11.6 Å². The molecule has 1 saturated heterocycles. The van der Waals surface area contributed by atoms with Crippen molar-refractivity contribution in [2.45, 2.75) is 6.10 Å². The molecule has 1 amide bonds. The second-order valence-electron chi connectivity index (χ2n) is 6.07. The van der Waals surface area contributed by atoms with Crippen LogP contribution in [0, 0.1) is 0 Å². The lowest BCUT2D eigenvalue weighted by atomic mass is 10.1. The summed E-state index contributed by atoms with van der Waals surface area (Å²) in [6, 6.07) is 18.8. The number of ether oxygens (including phenoxy) is 1. The van der Waals surface area contributed by atoms with Gasteiger partial charge in [-0.1, -0.05) is 65.3 Å². The highest BCUT2D eigenvalue weighted by Crippen LogP contribution is 2.29. The molecule has 0 bridgehead atoms. The van der Waals surface area contributed by atoms with E-state index in [1.165, 1.54) is 0 Å². The molecule has 0 aliphatic carbocycles. The van der Waals surface area contributed by atoms with E-state index in [0.717, 1.165) is 11.1 Å². The molecule has 0 spiro atoms. The van der Waals surface area contributed by atoms with Gasteiger partial charge >= 0.3 is 0 Å². The molecule has 26 heavy (non-hydrogen) atoms. The number of nitrogens with zero attached hydrogens (tertiary/aromatic N) is 2. The lowest BCUT2D eigenvalue weighted by molar-refractivity contribution is -0.0230. The van der Waals surface area contributed by atoms with Crippen LogP contribution in [0.15, 0.2) is 65.2 Å². The molecule has 1 aromatic heterocycles. The fourth-order valence-electron chi connectivity index (χ4n) is 3.03. The van der Waals surface area contributed by atoms with E-state index in [0.29, 0.717) is 36.2 Å². The molecule has 2 heterocycles. The lowest BCUT2D eigenvalue weighted by Crippen LogP contribution is -2.42. The molecule has 0 saturated carbocycles. The first-order valence-corrected chi connectivity index (χ1v) is 8.77. The Bertz CT molecular complexity index is 910. The summed E-state index contributed by atoms with van der Waals surface area (Å²) in [7, 11) is 0. The average molecular weight is 369 g/mol. The van der Waals surface area contributed by atoms with E-state index in [2.05, 4.69) is 5.16 Å². The zero-order chi connectivity index (χ0) is 17.9. The molecule has 4 rings (SSSR count). The highest BCUT2D eigenvalue weighted by molar-refractivity contribution is 6.31. The number of carbonyl (C=O) groups excluding carboxylic acids is 1.